The van der Waals surface area contributed by atoms with Crippen molar-refractivity contribution >= 4 is 21.5 Å². The largest absolute Gasteiger partial charge is 0.496 e. The summed E-state index contributed by atoms with van der Waals surface area (Å²) in [7, 11) is -2.21. The monoisotopic (exact) mass is 359 g/mol. The molecule has 25 heavy (non-hydrogen) atoms. The molecule has 2 aromatic rings. The SMILES string of the molecule is COc1cc(C)c(S(=O)(=O)N2CCC(=O)c3cccc(C)c32)cc1C. The van der Waals surface area contributed by atoms with E-state index in [1.807, 2.05) is 19.9 Å². The Morgan fingerprint density at radius 2 is 1.76 bits per heavy atom. The Bertz CT molecular complexity index is 964. The molecular formula is C19H21NO4S. The first-order chi connectivity index (χ1) is 11.8. The molecule has 0 aromatic heterocycles. The maximum atomic E-state index is 13.4. The molecule has 5 nitrogen and oxygen atoms in total. The van der Waals surface area contributed by atoms with E-state index < -0.39 is 10.0 Å². The van der Waals surface area contributed by atoms with Gasteiger partial charge in [0.2, 0.25) is 0 Å². The molecule has 0 fully saturated rings. The molecule has 0 bridgehead atoms. The van der Waals surface area contributed by atoms with Gasteiger partial charge < -0.3 is 4.74 Å². The average Bonchev–Trinajstić information content (AvgIpc) is 2.57. The van der Waals surface area contributed by atoms with E-state index >= 15 is 0 Å². The van der Waals surface area contributed by atoms with E-state index in [0.717, 1.165) is 11.1 Å². The van der Waals surface area contributed by atoms with Crippen LogP contribution in [0.1, 0.15) is 33.5 Å². The minimum atomic E-state index is -3.77. The molecule has 0 saturated heterocycles. The Morgan fingerprint density at radius 1 is 1.04 bits per heavy atom. The van der Waals surface area contributed by atoms with Crippen molar-refractivity contribution in [3.63, 3.8) is 0 Å². The van der Waals surface area contributed by atoms with E-state index in [2.05, 4.69) is 0 Å². The summed E-state index contributed by atoms with van der Waals surface area (Å²) in [6.07, 6.45) is 0.184. The molecule has 1 heterocycles. The minimum absolute atomic E-state index is 0.0206. The Hall–Kier alpha value is -2.34. The third-order valence-electron chi connectivity index (χ3n) is 4.59. The predicted molar refractivity (Wildman–Crippen MR) is 97.1 cm³/mol. The van der Waals surface area contributed by atoms with Crippen LogP contribution in [0.2, 0.25) is 0 Å². The highest BCUT2D eigenvalue weighted by Crippen LogP contribution is 2.36. The van der Waals surface area contributed by atoms with Crippen LogP contribution in [-0.2, 0) is 10.0 Å². The van der Waals surface area contributed by atoms with Gasteiger partial charge in [0.05, 0.1) is 17.7 Å². The fourth-order valence-corrected chi connectivity index (χ4v) is 5.13. The normalized spacial score (nSPS) is 14.4. The molecule has 3 rings (SSSR count). The molecule has 0 unspecified atom stereocenters. The molecule has 0 atom stereocenters. The highest BCUT2D eigenvalue weighted by molar-refractivity contribution is 7.93. The summed E-state index contributed by atoms with van der Waals surface area (Å²) >= 11 is 0. The number of hydrogen-bond acceptors (Lipinski definition) is 4. The Labute approximate surface area is 148 Å². The van der Waals surface area contributed by atoms with Gasteiger partial charge in [-0.2, -0.15) is 0 Å². The average molecular weight is 359 g/mol. The van der Waals surface area contributed by atoms with Gasteiger partial charge in [-0.05, 0) is 55.7 Å². The summed E-state index contributed by atoms with van der Waals surface area (Å²) in [5.74, 6) is 0.634. The molecule has 0 N–H and O–H groups in total. The quantitative estimate of drug-likeness (QED) is 0.842. The number of ketones is 1. The molecule has 0 saturated carbocycles. The lowest BCUT2D eigenvalue weighted by molar-refractivity contribution is 0.0982. The van der Waals surface area contributed by atoms with Crippen LogP contribution in [0.15, 0.2) is 35.2 Å². The first-order valence-electron chi connectivity index (χ1n) is 8.08. The van der Waals surface area contributed by atoms with Crippen molar-refractivity contribution in [1.82, 2.24) is 0 Å². The number of carbonyl (C=O) groups is 1. The standard InChI is InChI=1S/C19H21NO4S/c1-12-6-5-7-15-16(21)8-9-20(19(12)15)25(22,23)18-11-13(2)17(24-4)10-14(18)3/h5-7,10-11H,8-9H2,1-4H3. The maximum absolute atomic E-state index is 13.4. The van der Waals surface area contributed by atoms with E-state index in [9.17, 15) is 13.2 Å². The number of rotatable bonds is 3. The first kappa shape index (κ1) is 17.5. The highest BCUT2D eigenvalue weighted by Gasteiger charge is 2.34. The van der Waals surface area contributed by atoms with Gasteiger partial charge in [0.15, 0.2) is 5.78 Å². The Balaban J connectivity index is 2.19. The van der Waals surface area contributed by atoms with Gasteiger partial charge in [-0.25, -0.2) is 8.42 Å². The lowest BCUT2D eigenvalue weighted by Gasteiger charge is -2.31. The zero-order valence-electron chi connectivity index (χ0n) is 14.8. The van der Waals surface area contributed by atoms with Crippen LogP contribution in [0, 0.1) is 20.8 Å². The third kappa shape index (κ3) is 2.80. The van der Waals surface area contributed by atoms with Gasteiger partial charge in [0, 0.05) is 18.5 Å². The van der Waals surface area contributed by atoms with Gasteiger partial charge in [-0.15, -0.1) is 0 Å². The van der Waals surface area contributed by atoms with E-state index in [4.69, 9.17) is 4.74 Å². The van der Waals surface area contributed by atoms with Crippen LogP contribution in [0.25, 0.3) is 0 Å². The van der Waals surface area contributed by atoms with Crippen molar-refractivity contribution < 1.29 is 17.9 Å². The molecule has 0 spiro atoms. The van der Waals surface area contributed by atoms with Gasteiger partial charge in [-0.3, -0.25) is 9.10 Å². The summed E-state index contributed by atoms with van der Waals surface area (Å²) in [5, 5.41) is 0. The highest BCUT2D eigenvalue weighted by atomic mass is 32.2. The number of hydrogen-bond donors (Lipinski definition) is 0. The zero-order valence-corrected chi connectivity index (χ0v) is 15.6. The summed E-state index contributed by atoms with van der Waals surface area (Å²) in [4.78, 5) is 12.5. The number of Topliss-reactive ketones (excluding diaryl/α,β-unsaturated/α-hetero) is 1. The number of nitrogens with zero attached hydrogens (tertiary/aromatic N) is 1. The molecule has 0 amide bonds. The fraction of sp³-hybridized carbons (Fsp3) is 0.316. The summed E-state index contributed by atoms with van der Waals surface area (Å²) in [6.45, 7) is 5.55. The molecule has 0 radical (unpaired) electrons. The van der Waals surface area contributed by atoms with Crippen molar-refractivity contribution in [2.45, 2.75) is 32.1 Å². The molecule has 6 heteroatoms. The number of benzene rings is 2. The minimum Gasteiger partial charge on any atom is -0.496 e. The molecule has 1 aliphatic rings. The second-order valence-corrected chi connectivity index (χ2v) is 8.14. The van der Waals surface area contributed by atoms with Crippen LogP contribution in [0.3, 0.4) is 0 Å². The van der Waals surface area contributed by atoms with Crippen LogP contribution in [0.5, 0.6) is 5.75 Å². The van der Waals surface area contributed by atoms with Crippen molar-refractivity contribution in [2.75, 3.05) is 18.0 Å². The number of anilines is 1. The van der Waals surface area contributed by atoms with Crippen LogP contribution in [0.4, 0.5) is 5.69 Å². The second-order valence-electron chi connectivity index (χ2n) is 6.31. The smallest absolute Gasteiger partial charge is 0.264 e. The van der Waals surface area contributed by atoms with E-state index in [1.54, 1.807) is 38.3 Å². The number of sulfonamides is 1. The Kier molecular flexibility index (Phi) is 4.33. The van der Waals surface area contributed by atoms with Gasteiger partial charge in [0.25, 0.3) is 10.0 Å². The molecule has 0 aliphatic carbocycles. The van der Waals surface area contributed by atoms with Crippen molar-refractivity contribution in [3.05, 3.63) is 52.6 Å². The lowest BCUT2D eigenvalue weighted by atomic mass is 9.99. The van der Waals surface area contributed by atoms with Crippen LogP contribution >= 0.6 is 0 Å². The summed E-state index contributed by atoms with van der Waals surface area (Å²) < 4.78 is 33.4. The third-order valence-corrected chi connectivity index (χ3v) is 6.53. The number of carbonyl (C=O) groups excluding carboxylic acids is 1. The van der Waals surface area contributed by atoms with E-state index in [0.29, 0.717) is 22.6 Å². The Morgan fingerprint density at radius 3 is 2.44 bits per heavy atom. The van der Waals surface area contributed by atoms with Crippen LogP contribution in [-0.4, -0.2) is 27.9 Å². The number of fused-ring (bicyclic) bond motifs is 1. The molecule has 2 aromatic carbocycles. The van der Waals surface area contributed by atoms with Crippen molar-refractivity contribution in [1.29, 1.82) is 0 Å². The van der Waals surface area contributed by atoms with Crippen molar-refractivity contribution in [3.8, 4) is 5.75 Å². The lowest BCUT2D eigenvalue weighted by Crippen LogP contribution is -2.38. The van der Waals surface area contributed by atoms with Gasteiger partial charge >= 0.3 is 0 Å². The summed E-state index contributed by atoms with van der Waals surface area (Å²) in [6, 6.07) is 8.67. The van der Waals surface area contributed by atoms with E-state index in [-0.39, 0.29) is 23.6 Å². The molecular weight excluding hydrogens is 338 g/mol. The van der Waals surface area contributed by atoms with Gasteiger partial charge in [0.1, 0.15) is 5.75 Å². The van der Waals surface area contributed by atoms with Crippen LogP contribution < -0.4 is 9.04 Å². The number of ether oxygens (including phenoxy) is 1. The van der Waals surface area contributed by atoms with Crippen molar-refractivity contribution in [2.24, 2.45) is 0 Å². The van der Waals surface area contributed by atoms with Gasteiger partial charge in [-0.1, -0.05) is 12.1 Å². The second kappa shape index (κ2) is 6.19. The van der Waals surface area contributed by atoms with E-state index in [1.165, 1.54) is 4.31 Å². The topological polar surface area (TPSA) is 63.7 Å². The first-order valence-corrected chi connectivity index (χ1v) is 9.52. The zero-order chi connectivity index (χ0) is 18.4. The predicted octanol–water partition coefficient (Wildman–Crippen LogP) is 3.40. The molecule has 1 aliphatic heterocycles. The maximum Gasteiger partial charge on any atom is 0.264 e. The number of aryl methyl sites for hydroxylation is 3. The molecule has 132 valence electrons. The number of methoxy groups -OCH3 is 1. The summed E-state index contributed by atoms with van der Waals surface area (Å²) in [5.41, 5.74) is 3.11. The number of para-hydroxylation sites is 1. The fourth-order valence-electron chi connectivity index (χ4n) is 3.28.